The first kappa shape index (κ1) is 22.3. The zero-order chi connectivity index (χ0) is 25.5. The molecule has 0 unspecified atom stereocenters. The van der Waals surface area contributed by atoms with Crippen LogP contribution < -0.4 is 4.90 Å². The van der Waals surface area contributed by atoms with Crippen LogP contribution in [0.1, 0.15) is 5.56 Å². The molecule has 0 saturated heterocycles. The van der Waals surface area contributed by atoms with Gasteiger partial charge < -0.3 is 4.90 Å². The van der Waals surface area contributed by atoms with Crippen LogP contribution in [-0.2, 0) is 0 Å². The fraction of sp³-hybridized carbons (Fsp3) is 0.0278. The third-order valence-electron chi connectivity index (χ3n) is 7.43. The number of aliphatic imine (C=N–C) groups is 1. The average Bonchev–Trinajstić information content (AvgIpc) is 3.31. The molecule has 2 nitrogen and oxygen atoms in total. The maximum absolute atomic E-state index is 4.14. The van der Waals surface area contributed by atoms with E-state index in [1.807, 2.05) is 6.21 Å². The smallest absolute Gasteiger partial charge is 0.0462 e. The van der Waals surface area contributed by atoms with Crippen molar-refractivity contribution >= 4 is 34.0 Å². The Bertz CT molecular complexity index is 1770. The zero-order valence-corrected chi connectivity index (χ0v) is 21.2. The lowest BCUT2D eigenvalue weighted by Crippen LogP contribution is -2.09. The van der Waals surface area contributed by atoms with Gasteiger partial charge in [-0.15, -0.1) is 0 Å². The molecule has 1 aliphatic rings. The Hall–Kier alpha value is -4.95. The number of hydrogen-bond donors (Lipinski definition) is 0. The molecule has 0 radical (unpaired) electrons. The molecule has 1 aliphatic carbocycles. The molecule has 6 aromatic carbocycles. The maximum atomic E-state index is 4.14. The van der Waals surface area contributed by atoms with E-state index in [0.717, 1.165) is 22.6 Å². The summed E-state index contributed by atoms with van der Waals surface area (Å²) < 4.78 is 0. The Balaban J connectivity index is 1.31. The SMILES string of the molecule is CN=Cc1ccc(N(c2ccccc2)c2ccc(-c3ccc4c5c(cccc35)-c3ccccc3-4)cc2)cc1. The van der Waals surface area contributed by atoms with Gasteiger partial charge in [-0.05, 0) is 86.1 Å². The lowest BCUT2D eigenvalue weighted by molar-refractivity contribution is 1.28. The molecule has 0 aliphatic heterocycles. The maximum Gasteiger partial charge on any atom is 0.0462 e. The van der Waals surface area contributed by atoms with E-state index >= 15 is 0 Å². The first-order chi connectivity index (χ1) is 18.8. The summed E-state index contributed by atoms with van der Waals surface area (Å²) in [6, 6.07) is 48.0. The van der Waals surface area contributed by atoms with Gasteiger partial charge in [0.1, 0.15) is 0 Å². The minimum atomic E-state index is 1.09. The molecule has 0 aromatic heterocycles. The summed E-state index contributed by atoms with van der Waals surface area (Å²) >= 11 is 0. The predicted molar refractivity (Wildman–Crippen MR) is 162 cm³/mol. The van der Waals surface area contributed by atoms with Crippen molar-refractivity contribution in [2.45, 2.75) is 0 Å². The summed E-state index contributed by atoms with van der Waals surface area (Å²) in [7, 11) is 1.80. The highest BCUT2D eigenvalue weighted by molar-refractivity contribution is 6.18. The van der Waals surface area contributed by atoms with Crippen molar-refractivity contribution in [3.8, 4) is 33.4 Å². The number of nitrogens with zero attached hydrogens (tertiary/aromatic N) is 2. The van der Waals surface area contributed by atoms with Crippen LogP contribution in [0.4, 0.5) is 17.1 Å². The van der Waals surface area contributed by atoms with Crippen LogP contribution in [0.3, 0.4) is 0 Å². The van der Waals surface area contributed by atoms with Crippen LogP contribution in [0, 0.1) is 0 Å². The molecular weight excluding hydrogens is 460 g/mol. The molecule has 0 fully saturated rings. The van der Waals surface area contributed by atoms with Gasteiger partial charge in [-0.1, -0.05) is 97.1 Å². The standard InChI is InChI=1S/C36H26N2/c1-37-24-25-14-18-28(19-15-25)38(27-8-3-2-4-9-27)29-20-16-26(17-21-29)30-22-23-35-32-11-6-5-10-31(32)34-13-7-12-33(30)36(34)35/h2-24H,1H3. The Morgan fingerprint density at radius 2 is 1.03 bits per heavy atom. The Morgan fingerprint density at radius 1 is 0.474 bits per heavy atom. The van der Waals surface area contributed by atoms with Crippen molar-refractivity contribution < 1.29 is 0 Å². The summed E-state index contributed by atoms with van der Waals surface area (Å²) in [5.41, 5.74) is 12.3. The molecular formula is C36H26N2. The van der Waals surface area contributed by atoms with Crippen LogP contribution in [-0.4, -0.2) is 13.3 Å². The van der Waals surface area contributed by atoms with E-state index in [0.29, 0.717) is 0 Å². The van der Waals surface area contributed by atoms with Crippen molar-refractivity contribution in [1.82, 2.24) is 0 Å². The third kappa shape index (κ3) is 3.62. The molecule has 180 valence electrons. The van der Waals surface area contributed by atoms with Gasteiger partial charge in [0.05, 0.1) is 0 Å². The molecule has 0 bridgehead atoms. The molecule has 38 heavy (non-hydrogen) atoms. The first-order valence-electron chi connectivity index (χ1n) is 13.0. The van der Waals surface area contributed by atoms with Crippen molar-refractivity contribution in [3.63, 3.8) is 0 Å². The summed E-state index contributed by atoms with van der Waals surface area (Å²) in [6.07, 6.45) is 1.88. The van der Waals surface area contributed by atoms with E-state index in [4.69, 9.17) is 0 Å². The second kappa shape index (κ2) is 9.17. The highest BCUT2D eigenvalue weighted by Crippen LogP contribution is 2.49. The largest absolute Gasteiger partial charge is 0.311 e. The van der Waals surface area contributed by atoms with E-state index in [2.05, 4.69) is 143 Å². The van der Waals surface area contributed by atoms with Gasteiger partial charge in [0.15, 0.2) is 0 Å². The monoisotopic (exact) mass is 486 g/mol. The summed E-state index contributed by atoms with van der Waals surface area (Å²) in [5.74, 6) is 0. The second-order valence-corrected chi connectivity index (χ2v) is 9.63. The Kier molecular flexibility index (Phi) is 5.37. The van der Waals surface area contributed by atoms with Crippen molar-refractivity contribution in [2.24, 2.45) is 4.99 Å². The average molecular weight is 487 g/mol. The molecule has 6 aromatic rings. The number of fused-ring (bicyclic) bond motifs is 3. The third-order valence-corrected chi connectivity index (χ3v) is 7.43. The van der Waals surface area contributed by atoms with Crippen LogP contribution in [0.2, 0.25) is 0 Å². The summed E-state index contributed by atoms with van der Waals surface area (Å²) in [5, 5.41) is 2.66. The van der Waals surface area contributed by atoms with E-state index in [-0.39, 0.29) is 0 Å². The van der Waals surface area contributed by atoms with Crippen LogP contribution in [0.5, 0.6) is 0 Å². The molecule has 0 spiro atoms. The first-order valence-corrected chi connectivity index (χ1v) is 13.0. The normalized spacial score (nSPS) is 11.7. The molecule has 0 saturated carbocycles. The van der Waals surface area contributed by atoms with Crippen molar-refractivity contribution in [3.05, 3.63) is 139 Å². The molecule has 2 heteroatoms. The van der Waals surface area contributed by atoms with Gasteiger partial charge in [0.25, 0.3) is 0 Å². The lowest BCUT2D eigenvalue weighted by atomic mass is 9.94. The fourth-order valence-electron chi connectivity index (χ4n) is 5.73. The highest BCUT2D eigenvalue weighted by Gasteiger charge is 2.22. The molecule has 0 N–H and O–H groups in total. The summed E-state index contributed by atoms with van der Waals surface area (Å²) in [6.45, 7) is 0. The summed E-state index contributed by atoms with van der Waals surface area (Å²) in [4.78, 5) is 6.44. The molecule has 7 rings (SSSR count). The zero-order valence-electron chi connectivity index (χ0n) is 21.2. The quantitative estimate of drug-likeness (QED) is 0.221. The van der Waals surface area contributed by atoms with Gasteiger partial charge in [-0.3, -0.25) is 4.99 Å². The van der Waals surface area contributed by atoms with Gasteiger partial charge in [0, 0.05) is 30.3 Å². The number of hydrogen-bond acceptors (Lipinski definition) is 2. The lowest BCUT2D eigenvalue weighted by Gasteiger charge is -2.25. The fourth-order valence-corrected chi connectivity index (χ4v) is 5.73. The van der Waals surface area contributed by atoms with E-state index in [9.17, 15) is 0 Å². The minimum Gasteiger partial charge on any atom is -0.311 e. The van der Waals surface area contributed by atoms with Gasteiger partial charge in [-0.2, -0.15) is 0 Å². The number of benzene rings is 6. The van der Waals surface area contributed by atoms with Gasteiger partial charge >= 0.3 is 0 Å². The highest BCUT2D eigenvalue weighted by atomic mass is 15.1. The minimum absolute atomic E-state index is 1.09. The number of anilines is 3. The van der Waals surface area contributed by atoms with Gasteiger partial charge in [0.2, 0.25) is 0 Å². The van der Waals surface area contributed by atoms with E-state index in [1.54, 1.807) is 7.05 Å². The molecule has 0 atom stereocenters. The van der Waals surface area contributed by atoms with Crippen molar-refractivity contribution in [2.75, 3.05) is 11.9 Å². The van der Waals surface area contributed by atoms with Gasteiger partial charge in [-0.25, -0.2) is 0 Å². The Labute approximate surface area is 223 Å². The topological polar surface area (TPSA) is 15.6 Å². The predicted octanol–water partition coefficient (Wildman–Crippen LogP) is 9.67. The van der Waals surface area contributed by atoms with Crippen LogP contribution in [0.25, 0.3) is 44.2 Å². The molecule has 0 heterocycles. The Morgan fingerprint density at radius 3 is 1.71 bits per heavy atom. The van der Waals surface area contributed by atoms with E-state index in [1.165, 1.54) is 44.2 Å². The number of rotatable bonds is 5. The second-order valence-electron chi connectivity index (χ2n) is 9.63. The van der Waals surface area contributed by atoms with Crippen LogP contribution >= 0.6 is 0 Å². The molecule has 0 amide bonds. The number of para-hydroxylation sites is 1. The van der Waals surface area contributed by atoms with Crippen LogP contribution in [0.15, 0.2) is 138 Å². The van der Waals surface area contributed by atoms with E-state index < -0.39 is 0 Å². The van der Waals surface area contributed by atoms with Crippen molar-refractivity contribution in [1.29, 1.82) is 0 Å².